The van der Waals surface area contributed by atoms with Crippen molar-refractivity contribution >= 4 is 17.5 Å². The summed E-state index contributed by atoms with van der Waals surface area (Å²) in [5, 5.41) is 1.62. The molecule has 0 aliphatic carbocycles. The fraction of sp³-hybridized carbons (Fsp3) is 0.320. The molecule has 144 valence electrons. The minimum atomic E-state index is 0.108. The van der Waals surface area contributed by atoms with Crippen LogP contribution in [0.4, 0.5) is 0 Å². The average Bonchev–Trinajstić information content (AvgIpc) is 2.90. The minimum absolute atomic E-state index is 0.108. The van der Waals surface area contributed by atoms with Crippen LogP contribution < -0.4 is 10.9 Å². The Hall–Kier alpha value is -2.81. The van der Waals surface area contributed by atoms with Crippen molar-refractivity contribution in [3.05, 3.63) is 62.7 Å². The summed E-state index contributed by atoms with van der Waals surface area (Å²) in [6.07, 6.45) is 1.87. The Bertz CT molecular complexity index is 1230. The van der Waals surface area contributed by atoms with Crippen LogP contribution in [-0.4, -0.2) is 9.55 Å². The Balaban J connectivity index is 2.13. The Morgan fingerprint density at radius 2 is 1.64 bits per heavy atom. The molecule has 28 heavy (non-hydrogen) atoms. The zero-order valence-electron chi connectivity index (χ0n) is 17.4. The van der Waals surface area contributed by atoms with Crippen LogP contribution in [0.5, 0.6) is 0 Å². The number of hydrogen-bond donors (Lipinski definition) is 1. The summed E-state index contributed by atoms with van der Waals surface area (Å²) in [6.45, 7) is 14.9. The minimum Gasteiger partial charge on any atom is -0.355 e. The van der Waals surface area contributed by atoms with Crippen molar-refractivity contribution in [3.63, 3.8) is 0 Å². The highest BCUT2D eigenvalue weighted by atomic mass is 16.1. The predicted molar refractivity (Wildman–Crippen MR) is 119 cm³/mol. The monoisotopic (exact) mass is 372 g/mol. The number of aromatic amines is 1. The highest BCUT2D eigenvalue weighted by Crippen LogP contribution is 2.39. The maximum Gasteiger partial charge on any atom is 0.259 e. The van der Waals surface area contributed by atoms with E-state index in [2.05, 4.69) is 64.4 Å². The molecule has 3 nitrogen and oxygen atoms in total. The van der Waals surface area contributed by atoms with Gasteiger partial charge >= 0.3 is 0 Å². The van der Waals surface area contributed by atoms with Crippen molar-refractivity contribution in [1.82, 2.24) is 9.55 Å². The van der Waals surface area contributed by atoms with Crippen LogP contribution in [0, 0.1) is 20.8 Å². The number of aromatic nitrogens is 2. The molecule has 2 aliphatic heterocycles. The molecule has 4 rings (SSSR count). The van der Waals surface area contributed by atoms with E-state index in [9.17, 15) is 4.79 Å². The molecule has 0 saturated heterocycles. The largest absolute Gasteiger partial charge is 0.355 e. The molecule has 0 fully saturated rings. The van der Waals surface area contributed by atoms with Crippen molar-refractivity contribution < 1.29 is 0 Å². The van der Waals surface area contributed by atoms with E-state index in [1.807, 2.05) is 16.7 Å². The van der Waals surface area contributed by atoms with Gasteiger partial charge in [-0.25, -0.2) is 0 Å². The van der Waals surface area contributed by atoms with Gasteiger partial charge in [-0.2, -0.15) is 0 Å². The second kappa shape index (κ2) is 6.66. The van der Waals surface area contributed by atoms with Gasteiger partial charge in [-0.1, -0.05) is 44.2 Å². The quantitative estimate of drug-likeness (QED) is 0.503. The molecule has 2 heterocycles. The van der Waals surface area contributed by atoms with Crippen molar-refractivity contribution in [2.24, 2.45) is 0 Å². The molecule has 0 radical (unpaired) electrons. The van der Waals surface area contributed by atoms with Gasteiger partial charge in [0.25, 0.3) is 5.56 Å². The molecule has 0 bridgehead atoms. The lowest BCUT2D eigenvalue weighted by atomic mass is 9.90. The van der Waals surface area contributed by atoms with Crippen LogP contribution in [-0.2, 0) is 0 Å². The van der Waals surface area contributed by atoms with Crippen LogP contribution in [0.25, 0.3) is 39.9 Å². The summed E-state index contributed by atoms with van der Waals surface area (Å²) in [5.74, 6) is 0. The first-order valence-corrected chi connectivity index (χ1v) is 10.1. The van der Waals surface area contributed by atoms with E-state index in [0.717, 1.165) is 45.9 Å². The third-order valence-corrected chi connectivity index (χ3v) is 6.02. The number of nitrogens with one attached hydrogen (secondary N) is 1. The molecule has 3 heteroatoms. The van der Waals surface area contributed by atoms with E-state index in [1.54, 1.807) is 0 Å². The van der Waals surface area contributed by atoms with E-state index in [-0.39, 0.29) is 11.6 Å². The lowest BCUT2D eigenvalue weighted by Crippen LogP contribution is -2.21. The van der Waals surface area contributed by atoms with Gasteiger partial charge in [-0.05, 0) is 62.4 Å². The van der Waals surface area contributed by atoms with Crippen LogP contribution in [0.3, 0.4) is 0 Å². The second-order valence-corrected chi connectivity index (χ2v) is 8.01. The number of benzene rings is 2. The van der Waals surface area contributed by atoms with Gasteiger partial charge in [0.05, 0.1) is 16.6 Å². The lowest BCUT2D eigenvalue weighted by molar-refractivity contribution is 0.469. The molecule has 0 unspecified atom stereocenters. The third kappa shape index (κ3) is 2.61. The summed E-state index contributed by atoms with van der Waals surface area (Å²) in [5.41, 5.74) is 9.28. The Morgan fingerprint density at radius 3 is 2.25 bits per heavy atom. The molecule has 0 spiro atoms. The molecule has 0 atom stereocenters. The Labute approximate surface area is 166 Å². The third-order valence-electron chi connectivity index (χ3n) is 6.02. The predicted octanol–water partition coefficient (Wildman–Crippen LogP) is 5.52. The molecule has 1 N–H and O–H groups in total. The number of hydrogen-bond acceptors (Lipinski definition) is 1. The van der Waals surface area contributed by atoms with E-state index in [1.165, 1.54) is 22.3 Å². The molecule has 0 aromatic heterocycles. The van der Waals surface area contributed by atoms with Crippen LogP contribution in [0.1, 0.15) is 49.4 Å². The molecule has 2 aliphatic rings. The molecule has 2 aromatic carbocycles. The van der Waals surface area contributed by atoms with Gasteiger partial charge in [-0.15, -0.1) is 0 Å². The van der Waals surface area contributed by atoms with Crippen LogP contribution in [0.2, 0.25) is 0 Å². The standard InChI is InChI=1S/C25H28N2O/c1-7-18(8-2)27-21-13-17(6)26-24-19(9-10-20(23(21)24)25(27)28)22-15(4)11-14(3)12-16(22)5/h9-13,18,26H,6-8H2,1-5H3. The van der Waals surface area contributed by atoms with Crippen LogP contribution >= 0.6 is 0 Å². The molecule has 0 amide bonds. The number of nitrogens with zero attached hydrogens (tertiary/aromatic N) is 1. The normalized spacial score (nSPS) is 11.9. The Morgan fingerprint density at radius 1 is 1.00 bits per heavy atom. The first kappa shape index (κ1) is 18.5. The average molecular weight is 373 g/mol. The topological polar surface area (TPSA) is 37.8 Å². The maximum atomic E-state index is 13.3. The van der Waals surface area contributed by atoms with E-state index >= 15 is 0 Å². The maximum absolute atomic E-state index is 13.3. The molecule has 0 saturated carbocycles. The number of rotatable bonds is 4. The van der Waals surface area contributed by atoms with Crippen molar-refractivity contribution in [2.45, 2.75) is 53.5 Å². The van der Waals surface area contributed by atoms with Gasteiger partial charge in [0, 0.05) is 22.5 Å². The first-order valence-electron chi connectivity index (χ1n) is 10.1. The second-order valence-electron chi connectivity index (χ2n) is 8.01. The summed E-state index contributed by atoms with van der Waals surface area (Å²) < 4.78 is 1.98. The SMILES string of the molecule is C=c1cc2n(C(CC)CC)c(=O)c3ccc(-c4c(C)cc(C)cc4C)c([nH]1)c3-2. The van der Waals surface area contributed by atoms with Gasteiger partial charge in [0.2, 0.25) is 0 Å². The lowest BCUT2D eigenvalue weighted by Gasteiger charge is -2.19. The number of H-pyrrole nitrogens is 1. The first-order chi connectivity index (χ1) is 13.4. The fourth-order valence-corrected chi connectivity index (χ4v) is 4.87. The zero-order chi connectivity index (χ0) is 20.2. The number of aryl methyl sites for hydroxylation is 3. The summed E-state index contributed by atoms with van der Waals surface area (Å²) in [4.78, 5) is 16.7. The fourth-order valence-electron chi connectivity index (χ4n) is 4.87. The van der Waals surface area contributed by atoms with Crippen molar-refractivity contribution in [3.8, 4) is 22.4 Å². The van der Waals surface area contributed by atoms with Crippen LogP contribution in [0.15, 0.2) is 35.1 Å². The Kier molecular flexibility index (Phi) is 4.41. The van der Waals surface area contributed by atoms with Crippen molar-refractivity contribution in [1.29, 1.82) is 0 Å². The summed E-state index contributed by atoms with van der Waals surface area (Å²) >= 11 is 0. The van der Waals surface area contributed by atoms with Gasteiger partial charge in [-0.3, -0.25) is 4.79 Å². The van der Waals surface area contributed by atoms with Gasteiger partial charge < -0.3 is 9.55 Å². The molecular weight excluding hydrogens is 344 g/mol. The van der Waals surface area contributed by atoms with E-state index < -0.39 is 0 Å². The summed E-state index contributed by atoms with van der Waals surface area (Å²) in [6, 6.07) is 10.8. The molecular formula is C25H28N2O. The molecule has 2 aromatic rings. The zero-order valence-corrected chi connectivity index (χ0v) is 17.4. The number of pyridine rings is 1. The van der Waals surface area contributed by atoms with Gasteiger partial charge in [0.1, 0.15) is 0 Å². The van der Waals surface area contributed by atoms with Crippen molar-refractivity contribution in [2.75, 3.05) is 0 Å². The van der Waals surface area contributed by atoms with E-state index in [0.29, 0.717) is 0 Å². The van der Waals surface area contributed by atoms with Gasteiger partial charge in [0.15, 0.2) is 0 Å². The summed E-state index contributed by atoms with van der Waals surface area (Å²) in [7, 11) is 0. The highest BCUT2D eigenvalue weighted by Gasteiger charge is 2.26. The van der Waals surface area contributed by atoms with E-state index in [4.69, 9.17) is 0 Å². The highest BCUT2D eigenvalue weighted by molar-refractivity contribution is 6.03. The smallest absolute Gasteiger partial charge is 0.259 e.